The van der Waals surface area contributed by atoms with Gasteiger partial charge < -0.3 is 14.8 Å². The van der Waals surface area contributed by atoms with Gasteiger partial charge in [0.05, 0.1) is 17.1 Å². The van der Waals surface area contributed by atoms with Gasteiger partial charge in [0.25, 0.3) is 10.0 Å². The summed E-state index contributed by atoms with van der Waals surface area (Å²) in [5.74, 6) is 0.790. The molecule has 3 aromatic carbocycles. The summed E-state index contributed by atoms with van der Waals surface area (Å²) in [5, 5.41) is 3.24. The molecule has 33 heavy (non-hydrogen) atoms. The molecule has 0 saturated heterocycles. The highest BCUT2D eigenvalue weighted by Crippen LogP contribution is 2.31. The van der Waals surface area contributed by atoms with E-state index in [1.54, 1.807) is 49.4 Å². The molecular weight excluding hydrogens is 464 g/mol. The Hall–Kier alpha value is -3.23. The number of hydrogen-bond acceptors (Lipinski definition) is 5. The first-order chi connectivity index (χ1) is 15.8. The predicted molar refractivity (Wildman–Crippen MR) is 127 cm³/mol. The number of benzene rings is 3. The van der Waals surface area contributed by atoms with Crippen molar-refractivity contribution in [2.24, 2.45) is 0 Å². The Morgan fingerprint density at radius 3 is 2.48 bits per heavy atom. The van der Waals surface area contributed by atoms with E-state index >= 15 is 0 Å². The molecule has 7 nitrogen and oxygen atoms in total. The van der Waals surface area contributed by atoms with E-state index < -0.39 is 22.5 Å². The first kappa shape index (κ1) is 22.9. The molecule has 3 aromatic rings. The second-order valence-electron chi connectivity index (χ2n) is 7.56. The standard InChI is InChI=1S/C24H23ClN2O5S/c1-17-13-18(25)11-12-21(17)27(33(29,30)20-7-3-2-4-8-20)15-24(28)26-14-19-16-31-22-9-5-6-10-23(22)32-19/h2-13,19H,14-16H2,1H3,(H,26,28). The Kier molecular flexibility index (Phi) is 6.76. The third kappa shape index (κ3) is 5.23. The van der Waals surface area contributed by atoms with E-state index in [-0.39, 0.29) is 24.2 Å². The van der Waals surface area contributed by atoms with Crippen molar-refractivity contribution in [3.05, 3.63) is 83.4 Å². The average Bonchev–Trinajstić information content (AvgIpc) is 2.82. The van der Waals surface area contributed by atoms with Crippen LogP contribution in [-0.4, -0.2) is 40.1 Å². The van der Waals surface area contributed by atoms with Crippen molar-refractivity contribution in [2.75, 3.05) is 24.0 Å². The number of carbonyl (C=O) groups is 1. The minimum absolute atomic E-state index is 0.0905. The molecule has 1 aliphatic rings. The van der Waals surface area contributed by atoms with Crippen LogP contribution in [0.15, 0.2) is 77.7 Å². The second kappa shape index (κ2) is 9.72. The molecule has 1 atom stereocenters. The number of halogens is 1. The number of fused-ring (bicyclic) bond motifs is 1. The van der Waals surface area contributed by atoms with Gasteiger partial charge >= 0.3 is 0 Å². The fourth-order valence-corrected chi connectivity index (χ4v) is 5.23. The molecule has 0 fully saturated rings. The number of para-hydroxylation sites is 2. The van der Waals surface area contributed by atoms with E-state index in [4.69, 9.17) is 21.1 Å². The Labute approximate surface area is 197 Å². The summed E-state index contributed by atoms with van der Waals surface area (Å²) >= 11 is 6.06. The minimum atomic E-state index is -3.99. The molecule has 0 aromatic heterocycles. The fourth-order valence-electron chi connectivity index (χ4n) is 3.50. The molecule has 1 amide bonds. The lowest BCUT2D eigenvalue weighted by molar-refractivity contribution is -0.120. The third-order valence-corrected chi connectivity index (χ3v) is 7.15. The van der Waals surface area contributed by atoms with Crippen LogP contribution in [0.25, 0.3) is 0 Å². The molecule has 1 N–H and O–H groups in total. The topological polar surface area (TPSA) is 84.9 Å². The summed E-state index contributed by atoms with van der Waals surface area (Å²) in [6.07, 6.45) is -0.389. The summed E-state index contributed by atoms with van der Waals surface area (Å²) in [6, 6.07) is 20.1. The van der Waals surface area contributed by atoms with E-state index in [1.165, 1.54) is 12.1 Å². The van der Waals surface area contributed by atoms with Crippen LogP contribution in [0, 0.1) is 6.92 Å². The van der Waals surface area contributed by atoms with E-state index in [1.807, 2.05) is 18.2 Å². The highest BCUT2D eigenvalue weighted by Gasteiger charge is 2.29. The molecule has 1 heterocycles. The molecule has 0 saturated carbocycles. The molecule has 0 aliphatic carbocycles. The van der Waals surface area contributed by atoms with E-state index in [0.717, 1.165) is 4.31 Å². The molecule has 0 bridgehead atoms. The number of carbonyl (C=O) groups excluding carboxylic acids is 1. The Morgan fingerprint density at radius 1 is 1.06 bits per heavy atom. The Balaban J connectivity index is 1.51. The van der Waals surface area contributed by atoms with Gasteiger partial charge in [0, 0.05) is 5.02 Å². The molecular formula is C24H23ClN2O5S. The molecule has 1 unspecified atom stereocenters. The lowest BCUT2D eigenvalue weighted by Crippen LogP contribution is -2.45. The number of aryl methyl sites for hydroxylation is 1. The summed E-state index contributed by atoms with van der Waals surface area (Å²) in [5.41, 5.74) is 1.01. The van der Waals surface area contributed by atoms with Gasteiger partial charge in [0.15, 0.2) is 11.5 Å². The number of sulfonamides is 1. The van der Waals surface area contributed by atoms with Crippen LogP contribution in [0.4, 0.5) is 5.69 Å². The van der Waals surface area contributed by atoms with Crippen LogP contribution >= 0.6 is 11.6 Å². The highest BCUT2D eigenvalue weighted by molar-refractivity contribution is 7.92. The molecule has 172 valence electrons. The molecule has 0 spiro atoms. The van der Waals surface area contributed by atoms with Gasteiger partial charge in [-0.15, -0.1) is 0 Å². The molecule has 1 aliphatic heterocycles. The summed E-state index contributed by atoms with van der Waals surface area (Å²) < 4.78 is 39.4. The molecule has 4 rings (SSSR count). The Morgan fingerprint density at radius 2 is 1.76 bits per heavy atom. The van der Waals surface area contributed by atoms with E-state index in [0.29, 0.717) is 27.8 Å². The SMILES string of the molecule is Cc1cc(Cl)ccc1N(CC(=O)NCC1COc2ccccc2O1)S(=O)(=O)c1ccccc1. The van der Waals surface area contributed by atoms with Crippen LogP contribution in [0.1, 0.15) is 5.56 Å². The second-order valence-corrected chi connectivity index (χ2v) is 9.86. The number of ether oxygens (including phenoxy) is 2. The highest BCUT2D eigenvalue weighted by atomic mass is 35.5. The van der Waals surface area contributed by atoms with Gasteiger partial charge in [0.2, 0.25) is 5.91 Å². The normalized spacial score (nSPS) is 15.0. The van der Waals surface area contributed by atoms with Crippen molar-refractivity contribution in [2.45, 2.75) is 17.9 Å². The van der Waals surface area contributed by atoms with E-state index in [2.05, 4.69) is 5.32 Å². The number of hydrogen-bond donors (Lipinski definition) is 1. The van der Waals surface area contributed by atoms with Crippen LogP contribution in [0.2, 0.25) is 5.02 Å². The van der Waals surface area contributed by atoms with Crippen molar-refractivity contribution in [3.63, 3.8) is 0 Å². The van der Waals surface area contributed by atoms with Gasteiger partial charge in [-0.25, -0.2) is 8.42 Å². The maximum atomic E-state index is 13.4. The summed E-state index contributed by atoms with van der Waals surface area (Å²) in [7, 11) is -3.99. The minimum Gasteiger partial charge on any atom is -0.486 e. The number of rotatable bonds is 7. The zero-order valence-corrected chi connectivity index (χ0v) is 19.5. The van der Waals surface area contributed by atoms with Crippen LogP contribution in [0.3, 0.4) is 0 Å². The zero-order valence-electron chi connectivity index (χ0n) is 17.9. The average molecular weight is 487 g/mol. The summed E-state index contributed by atoms with van der Waals surface area (Å²) in [6.45, 7) is 1.80. The zero-order chi connectivity index (χ0) is 23.4. The lowest BCUT2D eigenvalue weighted by atomic mass is 10.2. The van der Waals surface area contributed by atoms with Crippen molar-refractivity contribution in [1.29, 1.82) is 0 Å². The molecule has 0 radical (unpaired) electrons. The lowest BCUT2D eigenvalue weighted by Gasteiger charge is -2.28. The van der Waals surface area contributed by atoms with Gasteiger partial charge in [-0.3, -0.25) is 9.10 Å². The maximum absolute atomic E-state index is 13.4. The smallest absolute Gasteiger partial charge is 0.264 e. The third-order valence-electron chi connectivity index (χ3n) is 5.14. The number of anilines is 1. The predicted octanol–water partition coefficient (Wildman–Crippen LogP) is 3.80. The van der Waals surface area contributed by atoms with Crippen LogP contribution in [0.5, 0.6) is 11.5 Å². The van der Waals surface area contributed by atoms with Crippen molar-refractivity contribution < 1.29 is 22.7 Å². The number of nitrogens with one attached hydrogen (secondary N) is 1. The van der Waals surface area contributed by atoms with Gasteiger partial charge in [-0.1, -0.05) is 41.9 Å². The number of nitrogens with zero attached hydrogens (tertiary/aromatic N) is 1. The Bertz CT molecular complexity index is 1250. The first-order valence-electron chi connectivity index (χ1n) is 10.3. The largest absolute Gasteiger partial charge is 0.486 e. The first-order valence-corrected chi connectivity index (χ1v) is 12.2. The summed E-state index contributed by atoms with van der Waals surface area (Å²) in [4.78, 5) is 12.9. The van der Waals surface area contributed by atoms with Gasteiger partial charge in [0.1, 0.15) is 19.3 Å². The quantitative estimate of drug-likeness (QED) is 0.549. The maximum Gasteiger partial charge on any atom is 0.264 e. The molecule has 9 heteroatoms. The van der Waals surface area contributed by atoms with Crippen molar-refractivity contribution in [1.82, 2.24) is 5.32 Å². The van der Waals surface area contributed by atoms with Crippen LogP contribution < -0.4 is 19.1 Å². The van der Waals surface area contributed by atoms with Crippen molar-refractivity contribution in [3.8, 4) is 11.5 Å². The number of amides is 1. The van der Waals surface area contributed by atoms with Gasteiger partial charge in [-0.05, 0) is 55.0 Å². The van der Waals surface area contributed by atoms with Crippen molar-refractivity contribution >= 4 is 33.2 Å². The monoisotopic (exact) mass is 486 g/mol. The van der Waals surface area contributed by atoms with Crippen LogP contribution in [-0.2, 0) is 14.8 Å². The van der Waals surface area contributed by atoms with Gasteiger partial charge in [-0.2, -0.15) is 0 Å². The van der Waals surface area contributed by atoms with E-state index in [9.17, 15) is 13.2 Å². The fraction of sp³-hybridized carbons (Fsp3) is 0.208.